The summed E-state index contributed by atoms with van der Waals surface area (Å²) >= 11 is 14.9. The Hall–Kier alpha value is -2.66. The number of carbonyl (C=O) groups is 2. The molecule has 0 saturated carbocycles. The van der Waals surface area contributed by atoms with Gasteiger partial charge in [0.15, 0.2) is 16.1 Å². The first kappa shape index (κ1) is 26.4. The van der Waals surface area contributed by atoms with Crippen LogP contribution in [-0.4, -0.2) is 37.3 Å². The molecule has 0 aliphatic heterocycles. The van der Waals surface area contributed by atoms with Gasteiger partial charge in [0.25, 0.3) is 5.91 Å². The lowest BCUT2D eigenvalue weighted by atomic mass is 10.0. The fourth-order valence-electron chi connectivity index (χ4n) is 3.58. The number of fused-ring (bicyclic) bond motifs is 1. The van der Waals surface area contributed by atoms with Crippen LogP contribution in [-0.2, 0) is 11.8 Å². The lowest BCUT2D eigenvalue weighted by Gasteiger charge is -2.20. The maximum Gasteiger partial charge on any atom is 0.253 e. The van der Waals surface area contributed by atoms with E-state index in [1.54, 1.807) is 16.7 Å². The second-order valence-corrected chi connectivity index (χ2v) is 11.3. The molecule has 8 nitrogen and oxygen atoms in total. The van der Waals surface area contributed by atoms with Crippen molar-refractivity contribution in [1.82, 2.24) is 25.1 Å². The van der Waals surface area contributed by atoms with Crippen molar-refractivity contribution in [2.45, 2.75) is 31.5 Å². The van der Waals surface area contributed by atoms with Crippen molar-refractivity contribution in [1.29, 1.82) is 0 Å². The van der Waals surface area contributed by atoms with E-state index in [-0.39, 0.29) is 28.5 Å². The third-order valence-corrected chi connectivity index (χ3v) is 7.76. The Labute approximate surface area is 226 Å². The van der Waals surface area contributed by atoms with Crippen molar-refractivity contribution in [2.75, 3.05) is 11.1 Å². The third kappa shape index (κ3) is 6.36. The number of rotatable bonds is 9. The third-order valence-electron chi connectivity index (χ3n) is 5.24. The van der Waals surface area contributed by atoms with Crippen LogP contribution in [0.25, 0.3) is 10.2 Å². The number of anilines is 1. The largest absolute Gasteiger partial charge is 0.342 e. The highest BCUT2D eigenvalue weighted by Gasteiger charge is 2.24. The Morgan fingerprint density at radius 3 is 2.64 bits per heavy atom. The maximum absolute atomic E-state index is 13.0. The number of nitrogens with one attached hydrogen (secondary N) is 2. The normalized spacial score (nSPS) is 12.2. The van der Waals surface area contributed by atoms with Gasteiger partial charge in [0, 0.05) is 12.1 Å². The smallest absolute Gasteiger partial charge is 0.253 e. The van der Waals surface area contributed by atoms with Crippen molar-refractivity contribution < 1.29 is 9.59 Å². The van der Waals surface area contributed by atoms with Crippen LogP contribution in [0.15, 0.2) is 47.6 Å². The van der Waals surface area contributed by atoms with Crippen molar-refractivity contribution in [2.24, 2.45) is 13.0 Å². The predicted octanol–water partition coefficient (Wildman–Crippen LogP) is 5.98. The molecule has 12 heteroatoms. The minimum atomic E-state index is -0.396. The second-order valence-electron chi connectivity index (χ2n) is 8.50. The number of nitrogens with zero attached hydrogens (tertiary/aromatic N) is 4. The van der Waals surface area contributed by atoms with E-state index in [4.69, 9.17) is 23.2 Å². The standard InChI is InChI=1S/C24H24Cl2N6O2S2/c1-13(2)10-18(27-22(34)15-9-8-14(25)11-16(15)26)21-30-31-24(32(21)3)35-12-20(33)29-23-28-17-6-4-5-7-19(17)36-23/h4-9,11,13,18H,10,12H2,1-3H3,(H,27,34)(H,28,29,33)/t18-/m1/s1. The van der Waals surface area contributed by atoms with E-state index < -0.39 is 6.04 Å². The molecular weight excluding hydrogens is 539 g/mol. The second kappa shape index (κ2) is 11.6. The van der Waals surface area contributed by atoms with Crippen LogP contribution < -0.4 is 10.6 Å². The van der Waals surface area contributed by atoms with Crippen LogP contribution in [0.1, 0.15) is 42.5 Å². The molecule has 0 saturated heterocycles. The number of halogens is 2. The average Bonchev–Trinajstić information content (AvgIpc) is 3.39. The molecule has 2 aromatic carbocycles. The summed E-state index contributed by atoms with van der Waals surface area (Å²) in [6, 6.07) is 12.1. The number of hydrogen-bond donors (Lipinski definition) is 2. The van der Waals surface area contributed by atoms with Gasteiger partial charge in [0.2, 0.25) is 5.91 Å². The number of amides is 2. The molecule has 0 spiro atoms. The minimum Gasteiger partial charge on any atom is -0.342 e. The molecule has 0 aliphatic carbocycles. The summed E-state index contributed by atoms with van der Waals surface area (Å²) in [5.41, 5.74) is 1.18. The zero-order valence-electron chi connectivity index (χ0n) is 19.8. The Morgan fingerprint density at radius 2 is 1.92 bits per heavy atom. The fourth-order valence-corrected chi connectivity index (χ4v) is 5.67. The minimum absolute atomic E-state index is 0.142. The van der Waals surface area contributed by atoms with Gasteiger partial charge in [-0.1, -0.05) is 72.3 Å². The molecular formula is C24H24Cl2N6O2S2. The molecule has 4 aromatic rings. The van der Waals surface area contributed by atoms with Crippen molar-refractivity contribution >= 4 is 73.5 Å². The zero-order valence-corrected chi connectivity index (χ0v) is 22.9. The zero-order chi connectivity index (χ0) is 25.8. The first-order valence-electron chi connectivity index (χ1n) is 11.1. The van der Waals surface area contributed by atoms with E-state index in [0.29, 0.717) is 33.1 Å². The van der Waals surface area contributed by atoms with E-state index in [2.05, 4.69) is 39.7 Å². The molecule has 2 amide bonds. The summed E-state index contributed by atoms with van der Waals surface area (Å²) in [6.45, 7) is 4.12. The topological polar surface area (TPSA) is 102 Å². The first-order valence-corrected chi connectivity index (χ1v) is 13.7. The van der Waals surface area contributed by atoms with Crippen molar-refractivity contribution in [3.8, 4) is 0 Å². The van der Waals surface area contributed by atoms with Crippen LogP contribution in [0.4, 0.5) is 5.13 Å². The highest BCUT2D eigenvalue weighted by atomic mass is 35.5. The van der Waals surface area contributed by atoms with Gasteiger partial charge in [0.1, 0.15) is 0 Å². The number of benzene rings is 2. The van der Waals surface area contributed by atoms with Gasteiger partial charge in [-0.2, -0.15) is 0 Å². The summed E-state index contributed by atoms with van der Waals surface area (Å²) in [7, 11) is 1.82. The highest BCUT2D eigenvalue weighted by molar-refractivity contribution is 7.99. The average molecular weight is 564 g/mol. The Balaban J connectivity index is 1.43. The Bertz CT molecular complexity index is 1370. The van der Waals surface area contributed by atoms with Crippen LogP contribution in [0, 0.1) is 5.92 Å². The number of thiazole rings is 1. The van der Waals surface area contributed by atoms with E-state index >= 15 is 0 Å². The summed E-state index contributed by atoms with van der Waals surface area (Å²) in [6.07, 6.45) is 0.645. The number of aromatic nitrogens is 4. The monoisotopic (exact) mass is 562 g/mol. The van der Waals surface area contributed by atoms with Crippen LogP contribution in [0.5, 0.6) is 0 Å². The molecule has 188 valence electrons. The van der Waals surface area contributed by atoms with Crippen molar-refractivity contribution in [3.05, 3.63) is 63.9 Å². The molecule has 2 N–H and O–H groups in total. The first-order chi connectivity index (χ1) is 17.2. The van der Waals surface area contributed by atoms with Gasteiger partial charge in [-0.25, -0.2) is 4.98 Å². The molecule has 2 heterocycles. The Kier molecular flexibility index (Phi) is 8.50. The van der Waals surface area contributed by atoms with Gasteiger partial charge < -0.3 is 15.2 Å². The summed E-state index contributed by atoms with van der Waals surface area (Å²) in [4.78, 5) is 29.9. The quantitative estimate of drug-likeness (QED) is 0.243. The van der Waals surface area contributed by atoms with Gasteiger partial charge in [-0.05, 0) is 42.7 Å². The molecule has 36 heavy (non-hydrogen) atoms. The van der Waals surface area contributed by atoms with Gasteiger partial charge in [-0.3, -0.25) is 9.59 Å². The number of hydrogen-bond acceptors (Lipinski definition) is 7. The molecule has 1 atom stereocenters. The van der Waals surface area contributed by atoms with E-state index in [9.17, 15) is 9.59 Å². The van der Waals surface area contributed by atoms with Gasteiger partial charge in [0.05, 0.1) is 32.6 Å². The lowest BCUT2D eigenvalue weighted by molar-refractivity contribution is -0.113. The molecule has 0 aliphatic rings. The summed E-state index contributed by atoms with van der Waals surface area (Å²) in [5, 5.41) is 16.3. The van der Waals surface area contributed by atoms with Gasteiger partial charge >= 0.3 is 0 Å². The molecule has 0 radical (unpaired) electrons. The summed E-state index contributed by atoms with van der Waals surface area (Å²) < 4.78 is 2.81. The number of thioether (sulfide) groups is 1. The van der Waals surface area contributed by atoms with Crippen LogP contribution in [0.3, 0.4) is 0 Å². The van der Waals surface area contributed by atoms with Crippen LogP contribution in [0.2, 0.25) is 10.0 Å². The van der Waals surface area contributed by atoms with Crippen LogP contribution >= 0.6 is 46.3 Å². The highest BCUT2D eigenvalue weighted by Crippen LogP contribution is 2.28. The van der Waals surface area contributed by atoms with E-state index in [1.165, 1.54) is 29.2 Å². The predicted molar refractivity (Wildman–Crippen MR) is 146 cm³/mol. The molecule has 0 unspecified atom stereocenters. The SMILES string of the molecule is CC(C)C[C@@H](NC(=O)c1ccc(Cl)cc1Cl)c1nnc(SCC(=O)Nc2nc3ccccc3s2)n1C. The molecule has 0 bridgehead atoms. The fraction of sp³-hybridized carbons (Fsp3) is 0.292. The molecule has 2 aromatic heterocycles. The van der Waals surface area contributed by atoms with E-state index in [0.717, 1.165) is 10.2 Å². The number of carbonyl (C=O) groups excluding carboxylic acids is 2. The lowest BCUT2D eigenvalue weighted by Crippen LogP contribution is -2.31. The van der Waals surface area contributed by atoms with Crippen molar-refractivity contribution in [3.63, 3.8) is 0 Å². The Morgan fingerprint density at radius 1 is 1.14 bits per heavy atom. The maximum atomic E-state index is 13.0. The number of para-hydroxylation sites is 1. The van der Waals surface area contributed by atoms with Gasteiger partial charge in [-0.15, -0.1) is 10.2 Å². The van der Waals surface area contributed by atoms with E-state index in [1.807, 2.05) is 31.3 Å². The summed E-state index contributed by atoms with van der Waals surface area (Å²) in [5.74, 6) is 0.506. The molecule has 4 rings (SSSR count). The molecule has 0 fully saturated rings.